The van der Waals surface area contributed by atoms with E-state index in [1.54, 1.807) is 35.9 Å². The lowest BCUT2D eigenvalue weighted by molar-refractivity contribution is -0.121. The van der Waals surface area contributed by atoms with Crippen LogP contribution >= 0.6 is 0 Å². The number of amides is 1. The Morgan fingerprint density at radius 1 is 1.38 bits per heavy atom. The lowest BCUT2D eigenvalue weighted by Crippen LogP contribution is -2.34. The third kappa shape index (κ3) is 3.23. The zero-order valence-corrected chi connectivity index (χ0v) is 13.6. The first-order valence-electron chi connectivity index (χ1n) is 8.05. The average Bonchev–Trinajstić information content (AvgIpc) is 2.58. The van der Waals surface area contributed by atoms with Crippen molar-refractivity contribution in [2.24, 2.45) is 7.05 Å². The summed E-state index contributed by atoms with van der Waals surface area (Å²) in [6.45, 7) is 0. The Hall–Kier alpha value is -2.87. The Bertz CT molecular complexity index is 877. The zero-order chi connectivity index (χ0) is 17.1. The SMILES string of the molecule is Cn1c2c(ccc1=O)C(NC(=O)Cc1cccc(C#N)c1)CCC2. The Morgan fingerprint density at radius 3 is 3.00 bits per heavy atom. The monoisotopic (exact) mass is 321 g/mol. The van der Waals surface area contributed by atoms with Gasteiger partial charge < -0.3 is 9.88 Å². The quantitative estimate of drug-likeness (QED) is 0.939. The van der Waals surface area contributed by atoms with Gasteiger partial charge in [-0.2, -0.15) is 5.26 Å². The summed E-state index contributed by atoms with van der Waals surface area (Å²) in [6, 6.07) is 12.5. The van der Waals surface area contributed by atoms with Gasteiger partial charge in [0.1, 0.15) is 0 Å². The highest BCUT2D eigenvalue weighted by molar-refractivity contribution is 5.79. The maximum atomic E-state index is 12.4. The smallest absolute Gasteiger partial charge is 0.250 e. The Balaban J connectivity index is 1.75. The molecular weight excluding hydrogens is 302 g/mol. The van der Waals surface area contributed by atoms with Crippen LogP contribution < -0.4 is 10.9 Å². The van der Waals surface area contributed by atoms with Crippen LogP contribution in [0.1, 0.15) is 41.3 Å². The molecule has 122 valence electrons. The topological polar surface area (TPSA) is 74.9 Å². The Labute approximate surface area is 140 Å². The summed E-state index contributed by atoms with van der Waals surface area (Å²) in [5.74, 6) is -0.0724. The van der Waals surface area contributed by atoms with Gasteiger partial charge >= 0.3 is 0 Å². The molecule has 5 nitrogen and oxygen atoms in total. The van der Waals surface area contributed by atoms with Gasteiger partial charge in [-0.05, 0) is 48.6 Å². The van der Waals surface area contributed by atoms with E-state index in [0.717, 1.165) is 36.1 Å². The molecular formula is C19H19N3O2. The van der Waals surface area contributed by atoms with E-state index in [9.17, 15) is 9.59 Å². The summed E-state index contributed by atoms with van der Waals surface area (Å²) >= 11 is 0. The number of nitriles is 1. The predicted octanol–water partition coefficient (Wildman–Crippen LogP) is 1.99. The zero-order valence-electron chi connectivity index (χ0n) is 13.6. The van der Waals surface area contributed by atoms with Crippen LogP contribution in [0.5, 0.6) is 0 Å². The molecule has 1 amide bonds. The molecule has 0 spiro atoms. The Kier molecular flexibility index (Phi) is 4.48. The summed E-state index contributed by atoms with van der Waals surface area (Å²) in [7, 11) is 1.78. The molecule has 0 fully saturated rings. The molecule has 0 aliphatic heterocycles. The van der Waals surface area contributed by atoms with Crippen LogP contribution in [-0.2, 0) is 24.7 Å². The van der Waals surface area contributed by atoms with Crippen LogP contribution in [0.4, 0.5) is 0 Å². The van der Waals surface area contributed by atoms with Crippen molar-refractivity contribution in [1.82, 2.24) is 9.88 Å². The maximum Gasteiger partial charge on any atom is 0.250 e. The minimum atomic E-state index is -0.0724. The summed E-state index contributed by atoms with van der Waals surface area (Å²) in [5.41, 5.74) is 3.39. The first-order valence-corrected chi connectivity index (χ1v) is 8.05. The molecule has 5 heteroatoms. The van der Waals surface area contributed by atoms with Crippen molar-refractivity contribution < 1.29 is 4.79 Å². The minimum absolute atomic E-state index is 0.0194. The fraction of sp³-hybridized carbons (Fsp3) is 0.316. The molecule has 24 heavy (non-hydrogen) atoms. The van der Waals surface area contributed by atoms with Gasteiger partial charge in [-0.25, -0.2) is 0 Å². The molecule has 0 saturated carbocycles. The standard InChI is InChI=1S/C19H19N3O2/c1-22-17-7-3-6-16(15(17)8-9-19(22)24)21-18(23)11-13-4-2-5-14(10-13)12-20/h2,4-5,8-10,16H,3,6-7,11H2,1H3,(H,21,23). The van der Waals surface area contributed by atoms with E-state index in [-0.39, 0.29) is 23.9 Å². The summed E-state index contributed by atoms with van der Waals surface area (Å²) in [6.07, 6.45) is 2.92. The van der Waals surface area contributed by atoms with E-state index in [1.165, 1.54) is 0 Å². The second-order valence-corrected chi connectivity index (χ2v) is 6.13. The van der Waals surface area contributed by atoms with Crippen LogP contribution in [0.3, 0.4) is 0 Å². The highest BCUT2D eigenvalue weighted by atomic mass is 16.1. The van der Waals surface area contributed by atoms with E-state index in [1.807, 2.05) is 12.1 Å². The number of pyridine rings is 1. The predicted molar refractivity (Wildman–Crippen MR) is 90.4 cm³/mol. The molecule has 2 aromatic rings. The van der Waals surface area contributed by atoms with Gasteiger partial charge in [-0.3, -0.25) is 9.59 Å². The number of benzene rings is 1. The van der Waals surface area contributed by atoms with E-state index in [0.29, 0.717) is 5.56 Å². The number of carbonyl (C=O) groups is 1. The lowest BCUT2D eigenvalue weighted by Gasteiger charge is -2.27. The summed E-state index contributed by atoms with van der Waals surface area (Å²) < 4.78 is 1.67. The molecule has 1 atom stereocenters. The van der Waals surface area contributed by atoms with E-state index in [2.05, 4.69) is 11.4 Å². The van der Waals surface area contributed by atoms with Crippen LogP contribution in [0.25, 0.3) is 0 Å². The van der Waals surface area contributed by atoms with Gasteiger partial charge in [-0.1, -0.05) is 12.1 Å². The first-order chi connectivity index (χ1) is 11.6. The van der Waals surface area contributed by atoms with Crippen molar-refractivity contribution in [2.45, 2.75) is 31.7 Å². The van der Waals surface area contributed by atoms with Gasteiger partial charge in [0.05, 0.1) is 24.1 Å². The number of hydrogen-bond donors (Lipinski definition) is 1. The van der Waals surface area contributed by atoms with Crippen LogP contribution in [-0.4, -0.2) is 10.5 Å². The van der Waals surface area contributed by atoms with E-state index >= 15 is 0 Å². The van der Waals surface area contributed by atoms with Gasteiger partial charge in [0.2, 0.25) is 11.5 Å². The number of hydrogen-bond acceptors (Lipinski definition) is 3. The lowest BCUT2D eigenvalue weighted by atomic mass is 9.90. The molecule has 0 radical (unpaired) electrons. The maximum absolute atomic E-state index is 12.4. The number of carbonyl (C=O) groups excluding carboxylic acids is 1. The normalized spacial score (nSPS) is 16.1. The van der Waals surface area contributed by atoms with Gasteiger partial charge in [0.25, 0.3) is 0 Å². The highest BCUT2D eigenvalue weighted by Crippen LogP contribution is 2.28. The van der Waals surface area contributed by atoms with Gasteiger partial charge in [0.15, 0.2) is 0 Å². The van der Waals surface area contributed by atoms with Gasteiger partial charge in [-0.15, -0.1) is 0 Å². The number of fused-ring (bicyclic) bond motifs is 1. The molecule has 0 bridgehead atoms. The van der Waals surface area contributed by atoms with Gasteiger partial charge in [0, 0.05) is 18.8 Å². The molecule has 1 aromatic heterocycles. The molecule has 1 heterocycles. The van der Waals surface area contributed by atoms with Crippen molar-refractivity contribution in [3.63, 3.8) is 0 Å². The first kappa shape index (κ1) is 16.0. The molecule has 1 aliphatic rings. The minimum Gasteiger partial charge on any atom is -0.349 e. The number of aromatic nitrogens is 1. The second kappa shape index (κ2) is 6.71. The largest absolute Gasteiger partial charge is 0.349 e. The second-order valence-electron chi connectivity index (χ2n) is 6.13. The van der Waals surface area contributed by atoms with Crippen LogP contribution in [0.2, 0.25) is 0 Å². The number of rotatable bonds is 3. The Morgan fingerprint density at radius 2 is 2.21 bits per heavy atom. The molecule has 3 rings (SSSR count). The van der Waals surface area contributed by atoms with E-state index in [4.69, 9.17) is 5.26 Å². The highest BCUT2D eigenvalue weighted by Gasteiger charge is 2.23. The molecule has 1 unspecified atom stereocenters. The van der Waals surface area contributed by atoms with E-state index < -0.39 is 0 Å². The van der Waals surface area contributed by atoms with Crippen molar-refractivity contribution in [3.8, 4) is 6.07 Å². The van der Waals surface area contributed by atoms with Crippen molar-refractivity contribution >= 4 is 5.91 Å². The molecule has 1 N–H and O–H groups in total. The third-order valence-electron chi connectivity index (χ3n) is 4.51. The van der Waals surface area contributed by atoms with Crippen LogP contribution in [0, 0.1) is 11.3 Å². The molecule has 1 aliphatic carbocycles. The number of nitrogens with zero attached hydrogens (tertiary/aromatic N) is 2. The van der Waals surface area contributed by atoms with Crippen molar-refractivity contribution in [2.75, 3.05) is 0 Å². The fourth-order valence-corrected chi connectivity index (χ4v) is 3.29. The summed E-state index contributed by atoms with van der Waals surface area (Å²) in [5, 5.41) is 12.0. The molecule has 1 aromatic carbocycles. The molecule has 0 saturated heterocycles. The summed E-state index contributed by atoms with van der Waals surface area (Å²) in [4.78, 5) is 24.2. The third-order valence-corrected chi connectivity index (χ3v) is 4.51. The van der Waals surface area contributed by atoms with Crippen molar-refractivity contribution in [1.29, 1.82) is 5.26 Å². The number of nitrogens with one attached hydrogen (secondary N) is 1. The van der Waals surface area contributed by atoms with Crippen LogP contribution in [0.15, 0.2) is 41.2 Å². The van der Waals surface area contributed by atoms with Crippen molar-refractivity contribution in [3.05, 3.63) is 69.1 Å². The average molecular weight is 321 g/mol. The fourth-order valence-electron chi connectivity index (χ4n) is 3.29.